The Balaban J connectivity index is 2.40. The maximum atomic E-state index is 10.8. The van der Waals surface area contributed by atoms with Crippen LogP contribution in [0.2, 0.25) is 0 Å². The summed E-state index contributed by atoms with van der Waals surface area (Å²) in [5.41, 5.74) is 1.06. The van der Waals surface area contributed by atoms with Gasteiger partial charge in [0.25, 0.3) is 0 Å². The maximum absolute atomic E-state index is 10.8. The zero-order valence-electron chi connectivity index (χ0n) is 8.65. The van der Waals surface area contributed by atoms with Gasteiger partial charge in [-0.15, -0.1) is 0 Å². The van der Waals surface area contributed by atoms with Gasteiger partial charge in [-0.25, -0.2) is 13.4 Å². The van der Waals surface area contributed by atoms with Crippen molar-refractivity contribution >= 4 is 16.4 Å². The van der Waals surface area contributed by atoms with E-state index in [0.717, 1.165) is 0 Å². The summed E-state index contributed by atoms with van der Waals surface area (Å²) in [6.45, 7) is 1.46. The first-order chi connectivity index (χ1) is 7.59. The van der Waals surface area contributed by atoms with Crippen LogP contribution in [0.15, 0.2) is 30.6 Å². The van der Waals surface area contributed by atoms with Crippen LogP contribution in [0.25, 0.3) is 5.65 Å². The Morgan fingerprint density at radius 1 is 1.44 bits per heavy atom. The fraction of sp³-hybridized carbons (Fsp3) is 0.300. The van der Waals surface area contributed by atoms with E-state index in [1.165, 1.54) is 6.92 Å². The number of pyridine rings is 1. The monoisotopic (exact) mass is 240 g/mol. The summed E-state index contributed by atoms with van der Waals surface area (Å²) in [6.07, 6.45) is 2.34. The quantitative estimate of drug-likeness (QED) is 0.760. The van der Waals surface area contributed by atoms with Crippen molar-refractivity contribution in [1.29, 1.82) is 0 Å². The van der Waals surface area contributed by atoms with E-state index in [0.29, 0.717) is 11.3 Å². The van der Waals surface area contributed by atoms with Crippen molar-refractivity contribution in [3.8, 4) is 0 Å². The van der Waals surface area contributed by atoms with E-state index in [9.17, 15) is 13.5 Å². The highest BCUT2D eigenvalue weighted by molar-refractivity contribution is 7.73. The van der Waals surface area contributed by atoms with Crippen molar-refractivity contribution in [3.05, 3.63) is 36.3 Å². The number of fused-ring (bicyclic) bond motifs is 1. The molecule has 0 spiro atoms. The molecular weight excluding hydrogens is 228 g/mol. The Bertz CT molecular complexity index is 535. The molecule has 0 amide bonds. The standard InChI is InChI=1S/C10H12N2O3S/c1-7(16(14)15)10(13)8-6-12-5-3-2-4-9(12)11-8/h2-7,10,13,16H,1H3/t7-,10-/m1/s1. The minimum Gasteiger partial charge on any atom is -0.385 e. The van der Waals surface area contributed by atoms with E-state index < -0.39 is 22.1 Å². The van der Waals surface area contributed by atoms with Gasteiger partial charge in [-0.1, -0.05) is 6.07 Å². The second kappa shape index (κ2) is 4.23. The summed E-state index contributed by atoms with van der Waals surface area (Å²) < 4.78 is 23.3. The zero-order valence-corrected chi connectivity index (χ0v) is 9.54. The van der Waals surface area contributed by atoms with Crippen molar-refractivity contribution in [2.75, 3.05) is 0 Å². The minimum absolute atomic E-state index is 0.373. The highest BCUT2D eigenvalue weighted by atomic mass is 32.2. The van der Waals surface area contributed by atoms with Crippen LogP contribution in [0.5, 0.6) is 0 Å². The largest absolute Gasteiger partial charge is 0.385 e. The number of rotatable bonds is 3. The number of nitrogens with zero attached hydrogens (tertiary/aromatic N) is 2. The van der Waals surface area contributed by atoms with E-state index >= 15 is 0 Å². The summed E-state index contributed by atoms with van der Waals surface area (Å²) in [7, 11) is -2.65. The Kier molecular flexibility index (Phi) is 2.93. The number of hydrogen-bond donors (Lipinski definition) is 2. The molecule has 0 fully saturated rings. The third-order valence-corrected chi connectivity index (χ3v) is 3.42. The van der Waals surface area contributed by atoms with Crippen molar-refractivity contribution in [2.24, 2.45) is 0 Å². The molecule has 2 rings (SSSR count). The average molecular weight is 240 g/mol. The van der Waals surface area contributed by atoms with Crippen LogP contribution >= 0.6 is 0 Å². The second-order valence-corrected chi connectivity index (χ2v) is 4.99. The second-order valence-electron chi connectivity index (χ2n) is 3.60. The molecule has 0 saturated heterocycles. The highest BCUT2D eigenvalue weighted by Crippen LogP contribution is 2.18. The first-order valence-electron chi connectivity index (χ1n) is 4.85. The lowest BCUT2D eigenvalue weighted by molar-refractivity contribution is 0.173. The Hall–Kier alpha value is -1.40. The molecule has 2 heterocycles. The van der Waals surface area contributed by atoms with Gasteiger partial charge in [0.15, 0.2) is 0 Å². The number of thiol groups is 1. The fourth-order valence-electron chi connectivity index (χ4n) is 1.46. The van der Waals surface area contributed by atoms with Gasteiger partial charge in [0, 0.05) is 12.4 Å². The van der Waals surface area contributed by atoms with E-state index in [1.54, 1.807) is 22.9 Å². The number of imidazole rings is 1. The van der Waals surface area contributed by atoms with Gasteiger partial charge in [0.1, 0.15) is 22.5 Å². The number of aliphatic hydroxyl groups excluding tert-OH is 1. The molecule has 2 atom stereocenters. The van der Waals surface area contributed by atoms with E-state index in [2.05, 4.69) is 4.98 Å². The molecule has 0 saturated carbocycles. The molecular formula is C10H12N2O3S. The number of aliphatic hydroxyl groups is 1. The molecule has 16 heavy (non-hydrogen) atoms. The van der Waals surface area contributed by atoms with Crippen molar-refractivity contribution in [2.45, 2.75) is 18.3 Å². The molecule has 0 aliphatic heterocycles. The lowest BCUT2D eigenvalue weighted by atomic mass is 10.2. The first-order valence-corrected chi connectivity index (χ1v) is 6.09. The molecule has 2 aromatic heterocycles. The topological polar surface area (TPSA) is 71.7 Å². The molecule has 86 valence electrons. The van der Waals surface area contributed by atoms with Gasteiger partial charge in [-0.2, -0.15) is 0 Å². The van der Waals surface area contributed by atoms with E-state index in [-0.39, 0.29) is 0 Å². The van der Waals surface area contributed by atoms with Gasteiger partial charge >= 0.3 is 0 Å². The van der Waals surface area contributed by atoms with Gasteiger partial charge in [-0.3, -0.25) is 0 Å². The molecule has 0 radical (unpaired) electrons. The van der Waals surface area contributed by atoms with Gasteiger partial charge in [-0.05, 0) is 19.1 Å². The predicted molar refractivity (Wildman–Crippen MR) is 59.9 cm³/mol. The molecule has 5 nitrogen and oxygen atoms in total. The van der Waals surface area contributed by atoms with E-state index in [4.69, 9.17) is 0 Å². The average Bonchev–Trinajstić information content (AvgIpc) is 2.70. The smallest absolute Gasteiger partial charge is 0.145 e. The van der Waals surface area contributed by atoms with Crippen LogP contribution in [0.4, 0.5) is 0 Å². The van der Waals surface area contributed by atoms with Gasteiger partial charge in [0.05, 0.1) is 10.9 Å². The molecule has 1 N–H and O–H groups in total. The summed E-state index contributed by atoms with van der Waals surface area (Å²) >= 11 is 0. The highest BCUT2D eigenvalue weighted by Gasteiger charge is 2.21. The lowest BCUT2D eigenvalue weighted by Crippen LogP contribution is -2.16. The third kappa shape index (κ3) is 1.94. The van der Waals surface area contributed by atoms with Gasteiger partial charge < -0.3 is 9.51 Å². The minimum atomic E-state index is -2.65. The summed E-state index contributed by atoms with van der Waals surface area (Å²) in [5.74, 6) is 0. The maximum Gasteiger partial charge on any atom is 0.145 e. The molecule has 0 unspecified atom stereocenters. The van der Waals surface area contributed by atoms with E-state index in [1.807, 2.05) is 12.1 Å². The molecule has 6 heteroatoms. The predicted octanol–water partition coefficient (Wildman–Crippen LogP) is 0.368. The fourth-order valence-corrected chi connectivity index (χ4v) is 1.84. The van der Waals surface area contributed by atoms with Crippen LogP contribution in [-0.2, 0) is 10.7 Å². The lowest BCUT2D eigenvalue weighted by Gasteiger charge is -2.09. The van der Waals surface area contributed by atoms with Crippen LogP contribution in [0.3, 0.4) is 0 Å². The molecule has 0 aliphatic carbocycles. The van der Waals surface area contributed by atoms with Crippen molar-refractivity contribution in [1.82, 2.24) is 9.38 Å². The molecule has 0 aromatic carbocycles. The van der Waals surface area contributed by atoms with Crippen molar-refractivity contribution < 1.29 is 13.5 Å². The Morgan fingerprint density at radius 2 is 2.19 bits per heavy atom. The summed E-state index contributed by atoms with van der Waals surface area (Å²) in [6, 6.07) is 5.45. The van der Waals surface area contributed by atoms with Gasteiger partial charge in [0.2, 0.25) is 0 Å². The number of hydrogen-bond acceptors (Lipinski definition) is 4. The summed E-state index contributed by atoms with van der Waals surface area (Å²) in [5, 5.41) is 8.97. The molecule has 0 bridgehead atoms. The summed E-state index contributed by atoms with van der Waals surface area (Å²) in [4.78, 5) is 4.16. The Labute approximate surface area is 94.3 Å². The zero-order chi connectivity index (χ0) is 11.7. The van der Waals surface area contributed by atoms with Crippen molar-refractivity contribution in [3.63, 3.8) is 0 Å². The Morgan fingerprint density at radius 3 is 2.81 bits per heavy atom. The molecule has 2 aromatic rings. The third-order valence-electron chi connectivity index (χ3n) is 2.48. The normalized spacial score (nSPS) is 15.4. The molecule has 0 aliphatic rings. The van der Waals surface area contributed by atoms with Crippen LogP contribution in [0.1, 0.15) is 18.7 Å². The SMILES string of the molecule is C[C@H]([C@@H](O)c1cn2ccccc2n1)[SH](=O)=O. The van der Waals surface area contributed by atoms with Crippen LogP contribution in [-0.4, -0.2) is 28.2 Å². The van der Waals surface area contributed by atoms with Crippen LogP contribution < -0.4 is 0 Å². The van der Waals surface area contributed by atoms with Crippen LogP contribution in [0, 0.1) is 0 Å². The first kappa shape index (κ1) is 11.1. The number of aromatic nitrogens is 2.